The van der Waals surface area contributed by atoms with Gasteiger partial charge >= 0.3 is 0 Å². The van der Waals surface area contributed by atoms with Gasteiger partial charge in [0.05, 0.1) is 9.79 Å². The van der Waals surface area contributed by atoms with Gasteiger partial charge in [-0.1, -0.05) is 29.8 Å². The summed E-state index contributed by atoms with van der Waals surface area (Å²) < 4.78 is 28.4. The van der Waals surface area contributed by atoms with Crippen molar-refractivity contribution in [2.45, 2.75) is 35.2 Å². The maximum absolute atomic E-state index is 13.3. The van der Waals surface area contributed by atoms with Crippen LogP contribution in [0.1, 0.15) is 12.8 Å². The van der Waals surface area contributed by atoms with E-state index in [1.807, 2.05) is 24.1 Å². The topological polar surface area (TPSA) is 62.6 Å². The third kappa shape index (κ3) is 4.35. The predicted molar refractivity (Wildman–Crippen MR) is 122 cm³/mol. The third-order valence-corrected chi connectivity index (χ3v) is 8.15. The molecule has 0 radical (unpaired) electrons. The number of carbonyl (C=O) groups excluding carboxylic acids is 1. The fourth-order valence-corrected chi connectivity index (χ4v) is 5.74. The molecule has 0 bridgehead atoms. The van der Waals surface area contributed by atoms with Gasteiger partial charge in [-0.15, -0.1) is 0 Å². The molecule has 1 aromatic heterocycles. The second-order valence-corrected chi connectivity index (χ2v) is 10.5. The van der Waals surface area contributed by atoms with Crippen molar-refractivity contribution in [3.63, 3.8) is 0 Å². The van der Waals surface area contributed by atoms with Crippen molar-refractivity contribution in [3.8, 4) is 0 Å². The molecule has 4 rings (SSSR count). The number of hydrogen-bond donors (Lipinski definition) is 0. The fraction of sp³-hybridized carbons (Fsp3) is 0.348. The molecule has 3 aromatic rings. The summed E-state index contributed by atoms with van der Waals surface area (Å²) in [5, 5.41) is 1.08. The number of likely N-dealkylation sites (N-methyl/N-ethyl adjacent to an activating group) is 1. The molecule has 0 aliphatic carbocycles. The number of sulfone groups is 1. The second kappa shape index (κ2) is 8.65. The van der Waals surface area contributed by atoms with Crippen LogP contribution in [0.4, 0.5) is 0 Å². The number of rotatable bonds is 5. The molecule has 0 unspecified atom stereocenters. The Kier molecular flexibility index (Phi) is 6.10. The van der Waals surface area contributed by atoms with Crippen molar-refractivity contribution in [1.29, 1.82) is 0 Å². The van der Waals surface area contributed by atoms with E-state index in [4.69, 9.17) is 11.6 Å². The summed E-state index contributed by atoms with van der Waals surface area (Å²) in [4.78, 5) is 17.5. The molecule has 6 nitrogen and oxygen atoms in total. The molecule has 1 aliphatic heterocycles. The van der Waals surface area contributed by atoms with Gasteiger partial charge in [0.2, 0.25) is 15.7 Å². The van der Waals surface area contributed by atoms with Gasteiger partial charge in [0, 0.05) is 35.2 Å². The van der Waals surface area contributed by atoms with Gasteiger partial charge in [0.25, 0.3) is 0 Å². The number of hydrogen-bond acceptors (Lipinski definition) is 4. The van der Waals surface area contributed by atoms with E-state index in [9.17, 15) is 13.2 Å². The number of fused-ring (bicyclic) bond motifs is 1. The highest BCUT2D eigenvalue weighted by molar-refractivity contribution is 7.91. The van der Waals surface area contributed by atoms with Crippen LogP contribution < -0.4 is 0 Å². The van der Waals surface area contributed by atoms with Crippen molar-refractivity contribution in [1.82, 2.24) is 14.4 Å². The molecule has 8 heteroatoms. The Balaban J connectivity index is 1.65. The lowest BCUT2D eigenvalue weighted by Gasteiger charge is -2.35. The zero-order valence-electron chi connectivity index (χ0n) is 17.7. The minimum atomic E-state index is -3.75. The Morgan fingerprint density at radius 3 is 2.42 bits per heavy atom. The van der Waals surface area contributed by atoms with Crippen molar-refractivity contribution in [2.24, 2.45) is 0 Å². The maximum atomic E-state index is 13.3. The first-order valence-electron chi connectivity index (χ1n) is 10.3. The standard InChI is InChI=1S/C23H26ClN3O3S/c1-25-13-11-18(12-14-25)26(2)23(28)16-27-15-22(20-5-3-4-6-21(20)27)31(29,30)19-9-7-17(24)8-10-19/h3-10,15,18H,11-14,16H2,1-2H3. The van der Waals surface area contributed by atoms with Gasteiger partial charge in [-0.25, -0.2) is 8.42 Å². The van der Waals surface area contributed by atoms with Crippen LogP contribution in [0.25, 0.3) is 10.9 Å². The number of nitrogens with zero attached hydrogens (tertiary/aromatic N) is 3. The molecule has 1 saturated heterocycles. The highest BCUT2D eigenvalue weighted by atomic mass is 35.5. The first-order chi connectivity index (χ1) is 14.8. The van der Waals surface area contributed by atoms with E-state index in [2.05, 4.69) is 11.9 Å². The van der Waals surface area contributed by atoms with Crippen molar-refractivity contribution >= 4 is 38.2 Å². The SMILES string of the molecule is CN1CCC(N(C)C(=O)Cn2cc(S(=O)(=O)c3ccc(Cl)cc3)c3ccccc32)CC1. The lowest BCUT2D eigenvalue weighted by atomic mass is 10.0. The number of aromatic nitrogens is 1. The van der Waals surface area contributed by atoms with Crippen LogP contribution in [0, 0.1) is 0 Å². The van der Waals surface area contributed by atoms with E-state index < -0.39 is 9.84 Å². The van der Waals surface area contributed by atoms with Crippen LogP contribution in [0.2, 0.25) is 5.02 Å². The fourth-order valence-electron chi connectivity index (χ4n) is 4.14. The molecule has 2 heterocycles. The van der Waals surface area contributed by atoms with Crippen LogP contribution in [0.5, 0.6) is 0 Å². The molecular formula is C23H26ClN3O3S. The number of benzene rings is 2. The Morgan fingerprint density at radius 1 is 1.10 bits per heavy atom. The summed E-state index contributed by atoms with van der Waals surface area (Å²) in [5.74, 6) is -0.0225. The third-order valence-electron chi connectivity index (χ3n) is 6.10. The predicted octanol–water partition coefficient (Wildman–Crippen LogP) is 3.68. The van der Waals surface area contributed by atoms with Crippen LogP contribution >= 0.6 is 11.6 Å². The first kappa shape index (κ1) is 21.9. The summed E-state index contributed by atoms with van der Waals surface area (Å²) in [7, 11) is 0.179. The number of likely N-dealkylation sites (tertiary alicyclic amines) is 1. The zero-order valence-corrected chi connectivity index (χ0v) is 19.2. The minimum absolute atomic E-state index is 0.0225. The van der Waals surface area contributed by atoms with Crippen molar-refractivity contribution in [2.75, 3.05) is 27.2 Å². The van der Waals surface area contributed by atoms with Crippen LogP contribution in [0.3, 0.4) is 0 Å². The molecule has 164 valence electrons. The van der Waals surface area contributed by atoms with Crippen LogP contribution in [-0.4, -0.2) is 61.9 Å². The monoisotopic (exact) mass is 459 g/mol. The number of amides is 1. The smallest absolute Gasteiger partial charge is 0.242 e. The van der Waals surface area contributed by atoms with E-state index in [0.29, 0.717) is 10.4 Å². The summed E-state index contributed by atoms with van der Waals surface area (Å²) in [6, 6.07) is 13.6. The Labute approximate surface area is 187 Å². The molecule has 0 saturated carbocycles. The van der Waals surface area contributed by atoms with Gasteiger partial charge in [-0.3, -0.25) is 4.79 Å². The van der Waals surface area contributed by atoms with Crippen molar-refractivity contribution < 1.29 is 13.2 Å². The Hall–Kier alpha value is -2.35. The average Bonchev–Trinajstić information content (AvgIpc) is 3.13. The second-order valence-electron chi connectivity index (χ2n) is 8.13. The average molecular weight is 460 g/mol. The van der Waals surface area contributed by atoms with E-state index in [1.54, 1.807) is 35.0 Å². The zero-order chi connectivity index (χ0) is 22.2. The van der Waals surface area contributed by atoms with E-state index in [1.165, 1.54) is 12.1 Å². The molecule has 0 N–H and O–H groups in total. The van der Waals surface area contributed by atoms with E-state index >= 15 is 0 Å². The number of para-hydroxylation sites is 1. The van der Waals surface area contributed by atoms with Crippen LogP contribution in [0.15, 0.2) is 64.5 Å². The Morgan fingerprint density at radius 2 is 1.74 bits per heavy atom. The molecule has 1 fully saturated rings. The Bertz CT molecular complexity index is 1200. The summed E-state index contributed by atoms with van der Waals surface area (Å²) in [5.41, 5.74) is 0.722. The summed E-state index contributed by atoms with van der Waals surface area (Å²) in [6.45, 7) is 2.04. The number of halogens is 1. The normalized spacial score (nSPS) is 16.0. The largest absolute Gasteiger partial charge is 0.341 e. The molecule has 1 amide bonds. The van der Waals surface area contributed by atoms with Gasteiger partial charge in [0.15, 0.2) is 0 Å². The summed E-state index contributed by atoms with van der Waals surface area (Å²) >= 11 is 5.92. The van der Waals surface area contributed by atoms with Crippen molar-refractivity contribution in [3.05, 3.63) is 59.8 Å². The van der Waals surface area contributed by atoms with E-state index in [0.717, 1.165) is 31.4 Å². The first-order valence-corrected chi connectivity index (χ1v) is 12.2. The highest BCUT2D eigenvalue weighted by Crippen LogP contribution is 2.31. The lowest BCUT2D eigenvalue weighted by Crippen LogP contribution is -2.45. The molecule has 0 spiro atoms. The van der Waals surface area contributed by atoms with Gasteiger partial charge in [-0.05, 0) is 63.3 Å². The molecule has 1 aliphatic rings. The lowest BCUT2D eigenvalue weighted by molar-refractivity contribution is -0.133. The van der Waals surface area contributed by atoms with Crippen LogP contribution in [-0.2, 0) is 21.2 Å². The molecule has 31 heavy (non-hydrogen) atoms. The number of carbonyl (C=O) groups is 1. The van der Waals surface area contributed by atoms with E-state index in [-0.39, 0.29) is 28.3 Å². The summed E-state index contributed by atoms with van der Waals surface area (Å²) in [6.07, 6.45) is 3.47. The number of piperidine rings is 1. The maximum Gasteiger partial charge on any atom is 0.242 e. The minimum Gasteiger partial charge on any atom is -0.341 e. The quantitative estimate of drug-likeness (QED) is 0.584. The van der Waals surface area contributed by atoms with Gasteiger partial charge in [-0.2, -0.15) is 0 Å². The van der Waals surface area contributed by atoms with Gasteiger partial charge < -0.3 is 14.4 Å². The van der Waals surface area contributed by atoms with Gasteiger partial charge in [0.1, 0.15) is 6.54 Å². The molecule has 2 aromatic carbocycles. The highest BCUT2D eigenvalue weighted by Gasteiger charge is 2.27. The molecule has 0 atom stereocenters. The molecular weight excluding hydrogens is 434 g/mol.